The van der Waals surface area contributed by atoms with Gasteiger partial charge in [-0.3, -0.25) is 0 Å². The van der Waals surface area contributed by atoms with Crippen LogP contribution in [0.2, 0.25) is 0 Å². The van der Waals surface area contributed by atoms with E-state index < -0.39 is 0 Å². The Morgan fingerprint density at radius 3 is 2.67 bits per heavy atom. The number of rotatable bonds is 4. The van der Waals surface area contributed by atoms with Gasteiger partial charge in [0, 0.05) is 6.07 Å². The van der Waals surface area contributed by atoms with Crippen LogP contribution in [0.15, 0.2) is 18.2 Å². The minimum Gasteiger partial charge on any atom is -0.493 e. The van der Waals surface area contributed by atoms with Gasteiger partial charge in [-0.1, -0.05) is 19.9 Å². The fraction of sp³-hybridized carbons (Fsp3) is 0.538. The molecule has 0 atom stereocenters. The molecule has 0 saturated heterocycles. The van der Waals surface area contributed by atoms with Gasteiger partial charge in [-0.15, -0.1) is 0 Å². The molecule has 0 radical (unpaired) electrons. The molecule has 0 N–H and O–H groups in total. The van der Waals surface area contributed by atoms with Crippen molar-refractivity contribution in [3.63, 3.8) is 0 Å². The lowest BCUT2D eigenvalue weighted by Crippen LogP contribution is -2.00. The summed E-state index contributed by atoms with van der Waals surface area (Å²) in [5, 5.41) is 0. The summed E-state index contributed by atoms with van der Waals surface area (Å²) in [6, 6.07) is 5.18. The van der Waals surface area contributed by atoms with Crippen molar-refractivity contribution in [2.45, 2.75) is 32.6 Å². The van der Waals surface area contributed by atoms with E-state index in [2.05, 4.69) is 0 Å². The van der Waals surface area contributed by atoms with Crippen LogP contribution in [0.5, 0.6) is 5.75 Å². The highest BCUT2D eigenvalue weighted by molar-refractivity contribution is 5.30. The second-order valence-electron chi connectivity index (χ2n) is 4.59. The summed E-state index contributed by atoms with van der Waals surface area (Å²) in [7, 11) is 0. The molecule has 15 heavy (non-hydrogen) atoms. The van der Waals surface area contributed by atoms with Crippen LogP contribution >= 0.6 is 0 Å². The molecular weight excluding hydrogens is 191 g/mol. The SMILES string of the molecule is CC(C)c1ccc(OCC2CC2)cc1F. The van der Waals surface area contributed by atoms with Gasteiger partial charge in [-0.05, 0) is 36.3 Å². The van der Waals surface area contributed by atoms with E-state index in [1.54, 1.807) is 0 Å². The van der Waals surface area contributed by atoms with Crippen LogP contribution in [0.25, 0.3) is 0 Å². The minimum absolute atomic E-state index is 0.154. The number of benzene rings is 1. The summed E-state index contributed by atoms with van der Waals surface area (Å²) < 4.78 is 19.1. The molecule has 0 bridgehead atoms. The molecule has 82 valence electrons. The third-order valence-corrected chi connectivity index (χ3v) is 2.78. The van der Waals surface area contributed by atoms with Gasteiger partial charge in [-0.25, -0.2) is 4.39 Å². The highest BCUT2D eigenvalue weighted by Crippen LogP contribution is 2.30. The molecule has 0 aliphatic heterocycles. The summed E-state index contributed by atoms with van der Waals surface area (Å²) in [6.45, 7) is 4.72. The van der Waals surface area contributed by atoms with E-state index in [1.165, 1.54) is 18.9 Å². The molecule has 0 unspecified atom stereocenters. The lowest BCUT2D eigenvalue weighted by atomic mass is 10.0. The first kappa shape index (κ1) is 10.5. The predicted molar refractivity (Wildman–Crippen MR) is 58.7 cm³/mol. The molecule has 2 heteroatoms. The molecule has 0 amide bonds. The average molecular weight is 208 g/mol. The summed E-state index contributed by atoms with van der Waals surface area (Å²) in [5.41, 5.74) is 0.758. The zero-order valence-corrected chi connectivity index (χ0v) is 9.29. The van der Waals surface area contributed by atoms with E-state index in [4.69, 9.17) is 4.74 Å². The van der Waals surface area contributed by atoms with E-state index in [-0.39, 0.29) is 11.7 Å². The fourth-order valence-electron chi connectivity index (χ4n) is 1.56. The van der Waals surface area contributed by atoms with Gasteiger partial charge in [0.2, 0.25) is 0 Å². The van der Waals surface area contributed by atoms with Gasteiger partial charge < -0.3 is 4.74 Å². The normalized spacial score (nSPS) is 15.7. The highest BCUT2D eigenvalue weighted by Gasteiger charge is 2.22. The van der Waals surface area contributed by atoms with E-state index in [0.29, 0.717) is 11.7 Å². The van der Waals surface area contributed by atoms with Crippen molar-refractivity contribution in [2.75, 3.05) is 6.61 Å². The molecule has 0 heterocycles. The molecule has 0 spiro atoms. The Morgan fingerprint density at radius 1 is 1.40 bits per heavy atom. The Labute approximate surface area is 90.3 Å². The zero-order chi connectivity index (χ0) is 10.8. The van der Waals surface area contributed by atoms with E-state index in [0.717, 1.165) is 12.2 Å². The average Bonchev–Trinajstić information content (AvgIpc) is 2.97. The van der Waals surface area contributed by atoms with Crippen molar-refractivity contribution in [1.82, 2.24) is 0 Å². The predicted octanol–water partition coefficient (Wildman–Crippen LogP) is 3.74. The van der Waals surface area contributed by atoms with Crippen LogP contribution in [0.1, 0.15) is 38.2 Å². The molecule has 1 aliphatic rings. The maximum Gasteiger partial charge on any atom is 0.130 e. The number of ether oxygens (including phenoxy) is 1. The minimum atomic E-state index is -0.154. The summed E-state index contributed by atoms with van der Waals surface area (Å²) in [5.74, 6) is 1.43. The summed E-state index contributed by atoms with van der Waals surface area (Å²) in [4.78, 5) is 0. The Kier molecular flexibility index (Phi) is 2.94. The molecule has 1 fully saturated rings. The van der Waals surface area contributed by atoms with Crippen LogP contribution in [0.4, 0.5) is 4.39 Å². The quantitative estimate of drug-likeness (QED) is 0.732. The van der Waals surface area contributed by atoms with Gasteiger partial charge in [0.05, 0.1) is 6.61 Å². The van der Waals surface area contributed by atoms with Crippen molar-refractivity contribution in [3.05, 3.63) is 29.6 Å². The second kappa shape index (κ2) is 4.21. The number of hydrogen-bond donors (Lipinski definition) is 0. The van der Waals surface area contributed by atoms with E-state index in [9.17, 15) is 4.39 Å². The van der Waals surface area contributed by atoms with Crippen molar-refractivity contribution >= 4 is 0 Å². The van der Waals surface area contributed by atoms with Crippen LogP contribution < -0.4 is 4.74 Å². The lowest BCUT2D eigenvalue weighted by Gasteiger charge is -2.09. The fourth-order valence-corrected chi connectivity index (χ4v) is 1.56. The second-order valence-corrected chi connectivity index (χ2v) is 4.59. The van der Waals surface area contributed by atoms with Crippen LogP contribution in [0, 0.1) is 11.7 Å². The monoisotopic (exact) mass is 208 g/mol. The first-order valence-corrected chi connectivity index (χ1v) is 5.59. The molecule has 0 aromatic heterocycles. The van der Waals surface area contributed by atoms with Gasteiger partial charge in [0.25, 0.3) is 0 Å². The lowest BCUT2D eigenvalue weighted by molar-refractivity contribution is 0.298. The van der Waals surface area contributed by atoms with E-state index >= 15 is 0 Å². The Morgan fingerprint density at radius 2 is 2.13 bits per heavy atom. The van der Waals surface area contributed by atoms with Crippen molar-refractivity contribution in [1.29, 1.82) is 0 Å². The van der Waals surface area contributed by atoms with Gasteiger partial charge >= 0.3 is 0 Å². The molecule has 2 rings (SSSR count). The largest absolute Gasteiger partial charge is 0.493 e. The maximum absolute atomic E-state index is 13.6. The van der Waals surface area contributed by atoms with Crippen LogP contribution in [-0.2, 0) is 0 Å². The third kappa shape index (κ3) is 2.71. The maximum atomic E-state index is 13.6. The molecule has 1 aliphatic carbocycles. The highest BCUT2D eigenvalue weighted by atomic mass is 19.1. The smallest absolute Gasteiger partial charge is 0.130 e. The van der Waals surface area contributed by atoms with Gasteiger partial charge in [0.1, 0.15) is 11.6 Å². The van der Waals surface area contributed by atoms with Gasteiger partial charge in [0.15, 0.2) is 0 Å². The topological polar surface area (TPSA) is 9.23 Å². The molecule has 1 saturated carbocycles. The molecule has 1 aromatic rings. The summed E-state index contributed by atoms with van der Waals surface area (Å²) >= 11 is 0. The van der Waals surface area contributed by atoms with Crippen LogP contribution in [-0.4, -0.2) is 6.61 Å². The standard InChI is InChI=1S/C13H17FO/c1-9(2)12-6-5-11(7-13(12)14)15-8-10-3-4-10/h5-7,9-10H,3-4,8H2,1-2H3. The van der Waals surface area contributed by atoms with Crippen molar-refractivity contribution in [3.8, 4) is 5.75 Å². The Balaban J connectivity index is 2.03. The van der Waals surface area contributed by atoms with Crippen LogP contribution in [0.3, 0.4) is 0 Å². The Bertz CT molecular complexity index is 342. The number of hydrogen-bond acceptors (Lipinski definition) is 1. The van der Waals surface area contributed by atoms with E-state index in [1.807, 2.05) is 26.0 Å². The Hall–Kier alpha value is -1.05. The molecule has 1 aromatic carbocycles. The first-order valence-electron chi connectivity index (χ1n) is 5.59. The molecule has 1 nitrogen and oxygen atoms in total. The first-order chi connectivity index (χ1) is 7.16. The van der Waals surface area contributed by atoms with Gasteiger partial charge in [-0.2, -0.15) is 0 Å². The molecular formula is C13H17FO. The third-order valence-electron chi connectivity index (χ3n) is 2.78. The zero-order valence-electron chi connectivity index (χ0n) is 9.29. The van der Waals surface area contributed by atoms with Crippen molar-refractivity contribution < 1.29 is 9.13 Å². The number of halogens is 1. The van der Waals surface area contributed by atoms with Crippen molar-refractivity contribution in [2.24, 2.45) is 5.92 Å². The summed E-state index contributed by atoms with van der Waals surface area (Å²) in [6.07, 6.45) is 2.51.